The zero-order valence-electron chi connectivity index (χ0n) is 14.5. The number of nitrogens with one attached hydrogen (secondary N) is 2. The van der Waals surface area contributed by atoms with E-state index < -0.39 is 0 Å². The summed E-state index contributed by atoms with van der Waals surface area (Å²) in [6, 6.07) is 9.16. The zero-order chi connectivity index (χ0) is 17.6. The molecule has 134 valence electrons. The van der Waals surface area contributed by atoms with Crippen LogP contribution in [-0.2, 0) is 6.54 Å². The minimum atomic E-state index is -0.228. The normalized spacial score (nSPS) is 14.2. The number of furan rings is 1. The fourth-order valence-corrected chi connectivity index (χ4v) is 2.65. The zero-order valence-corrected chi connectivity index (χ0v) is 14.5. The van der Waals surface area contributed by atoms with Gasteiger partial charge in [-0.05, 0) is 43.9 Å². The van der Waals surface area contributed by atoms with Crippen LogP contribution in [0.2, 0.25) is 0 Å². The van der Waals surface area contributed by atoms with Gasteiger partial charge in [0.25, 0.3) is 0 Å². The van der Waals surface area contributed by atoms with Gasteiger partial charge in [-0.25, -0.2) is 4.79 Å². The van der Waals surface area contributed by atoms with Crippen molar-refractivity contribution in [1.29, 1.82) is 0 Å². The van der Waals surface area contributed by atoms with Crippen LogP contribution in [0.3, 0.4) is 0 Å². The summed E-state index contributed by atoms with van der Waals surface area (Å²) in [7, 11) is 3.89. The molecule has 7 heteroatoms. The molecule has 0 bridgehead atoms. The minimum Gasteiger partial charge on any atom is -0.486 e. The maximum atomic E-state index is 12.1. The van der Waals surface area contributed by atoms with Crippen LogP contribution in [0.1, 0.15) is 17.4 Å². The van der Waals surface area contributed by atoms with Gasteiger partial charge in [0, 0.05) is 13.1 Å². The second kappa shape index (κ2) is 7.94. The molecular weight excluding hydrogens is 322 g/mol. The van der Waals surface area contributed by atoms with Crippen LogP contribution in [0.5, 0.6) is 11.5 Å². The molecule has 0 radical (unpaired) electrons. The monoisotopic (exact) mass is 345 g/mol. The Kier molecular flexibility index (Phi) is 5.45. The van der Waals surface area contributed by atoms with E-state index in [4.69, 9.17) is 13.9 Å². The Morgan fingerprint density at radius 1 is 1.16 bits per heavy atom. The molecule has 0 fully saturated rings. The van der Waals surface area contributed by atoms with E-state index in [0.717, 1.165) is 22.8 Å². The number of nitrogens with zero attached hydrogens (tertiary/aromatic N) is 1. The first-order valence-corrected chi connectivity index (χ1v) is 8.23. The number of fused-ring (bicyclic) bond motifs is 1. The highest BCUT2D eigenvalue weighted by molar-refractivity contribution is 5.73. The Balaban J connectivity index is 1.49. The fourth-order valence-electron chi connectivity index (χ4n) is 2.65. The SMILES string of the molecule is CN(C)[C@@H](CNC(=O)NCc1ccc2c(c1)OCCO2)c1ccco1. The molecule has 0 saturated carbocycles. The van der Waals surface area contributed by atoms with Crippen molar-refractivity contribution in [3.05, 3.63) is 47.9 Å². The van der Waals surface area contributed by atoms with Gasteiger partial charge >= 0.3 is 6.03 Å². The average Bonchev–Trinajstić information content (AvgIpc) is 3.14. The third-order valence-corrected chi connectivity index (χ3v) is 4.01. The van der Waals surface area contributed by atoms with E-state index in [1.807, 2.05) is 49.3 Å². The van der Waals surface area contributed by atoms with Gasteiger partial charge in [-0.15, -0.1) is 0 Å². The summed E-state index contributed by atoms with van der Waals surface area (Å²) in [5.74, 6) is 2.28. The molecular formula is C18H23N3O4. The van der Waals surface area contributed by atoms with Crippen LogP contribution in [0.15, 0.2) is 41.0 Å². The summed E-state index contributed by atoms with van der Waals surface area (Å²) in [4.78, 5) is 14.1. The van der Waals surface area contributed by atoms with Crippen molar-refractivity contribution in [2.45, 2.75) is 12.6 Å². The first-order valence-electron chi connectivity index (χ1n) is 8.23. The van der Waals surface area contributed by atoms with Crippen molar-refractivity contribution in [3.8, 4) is 11.5 Å². The molecule has 0 spiro atoms. The van der Waals surface area contributed by atoms with Crippen LogP contribution in [0.25, 0.3) is 0 Å². The van der Waals surface area contributed by atoms with Crippen molar-refractivity contribution in [1.82, 2.24) is 15.5 Å². The van der Waals surface area contributed by atoms with Gasteiger partial charge in [0.1, 0.15) is 19.0 Å². The highest BCUT2D eigenvalue weighted by Crippen LogP contribution is 2.30. The Hall–Kier alpha value is -2.67. The van der Waals surface area contributed by atoms with Crippen LogP contribution < -0.4 is 20.1 Å². The molecule has 3 rings (SSSR count). The van der Waals surface area contributed by atoms with Gasteiger partial charge in [0.15, 0.2) is 11.5 Å². The quantitative estimate of drug-likeness (QED) is 0.839. The molecule has 7 nitrogen and oxygen atoms in total. The number of benzene rings is 1. The summed E-state index contributed by atoms with van der Waals surface area (Å²) >= 11 is 0. The molecule has 1 atom stereocenters. The van der Waals surface area contributed by atoms with Crippen molar-refractivity contribution in [2.24, 2.45) is 0 Å². The second-order valence-electron chi connectivity index (χ2n) is 6.04. The average molecular weight is 345 g/mol. The summed E-state index contributed by atoms with van der Waals surface area (Å²) in [5, 5.41) is 5.73. The number of rotatable bonds is 6. The number of likely N-dealkylation sites (N-methyl/N-ethyl adjacent to an activating group) is 1. The molecule has 25 heavy (non-hydrogen) atoms. The largest absolute Gasteiger partial charge is 0.486 e. The Bertz CT molecular complexity index is 700. The van der Waals surface area contributed by atoms with E-state index in [9.17, 15) is 4.79 Å². The molecule has 0 saturated heterocycles. The van der Waals surface area contributed by atoms with Gasteiger partial charge < -0.3 is 24.5 Å². The minimum absolute atomic E-state index is 0.0185. The van der Waals surface area contributed by atoms with Gasteiger partial charge in [-0.1, -0.05) is 6.07 Å². The van der Waals surface area contributed by atoms with E-state index >= 15 is 0 Å². The Morgan fingerprint density at radius 3 is 2.68 bits per heavy atom. The highest BCUT2D eigenvalue weighted by Gasteiger charge is 2.18. The van der Waals surface area contributed by atoms with E-state index in [2.05, 4.69) is 10.6 Å². The van der Waals surface area contributed by atoms with Crippen LogP contribution in [0.4, 0.5) is 4.79 Å². The number of amides is 2. The van der Waals surface area contributed by atoms with Crippen LogP contribution >= 0.6 is 0 Å². The number of carbonyl (C=O) groups is 1. The molecule has 2 amide bonds. The Morgan fingerprint density at radius 2 is 1.96 bits per heavy atom. The first-order chi connectivity index (χ1) is 12.1. The number of carbonyl (C=O) groups excluding carboxylic acids is 1. The molecule has 2 heterocycles. The lowest BCUT2D eigenvalue weighted by atomic mass is 10.2. The van der Waals surface area contributed by atoms with Gasteiger partial charge in [-0.3, -0.25) is 4.90 Å². The van der Waals surface area contributed by atoms with Crippen molar-refractivity contribution < 1.29 is 18.7 Å². The lowest BCUT2D eigenvalue weighted by Crippen LogP contribution is -2.40. The third-order valence-electron chi connectivity index (χ3n) is 4.01. The molecule has 2 aromatic rings. The van der Waals surface area contributed by atoms with E-state index in [0.29, 0.717) is 26.3 Å². The second-order valence-corrected chi connectivity index (χ2v) is 6.04. The van der Waals surface area contributed by atoms with Gasteiger partial charge in [-0.2, -0.15) is 0 Å². The van der Waals surface area contributed by atoms with Crippen LogP contribution in [-0.4, -0.2) is 44.8 Å². The van der Waals surface area contributed by atoms with Gasteiger partial charge in [0.05, 0.1) is 12.3 Å². The maximum absolute atomic E-state index is 12.1. The smallest absolute Gasteiger partial charge is 0.315 e. The molecule has 1 aromatic heterocycles. The van der Waals surface area contributed by atoms with E-state index in [1.54, 1.807) is 6.26 Å². The van der Waals surface area contributed by atoms with Gasteiger partial charge in [0.2, 0.25) is 0 Å². The standard InChI is InChI=1S/C18H23N3O4/c1-21(2)14(15-4-3-7-23-15)12-20-18(22)19-11-13-5-6-16-17(10-13)25-9-8-24-16/h3-7,10,14H,8-9,11-12H2,1-2H3,(H2,19,20,22)/t14-/m0/s1. The molecule has 1 aliphatic heterocycles. The maximum Gasteiger partial charge on any atom is 0.315 e. The van der Waals surface area contributed by atoms with E-state index in [-0.39, 0.29) is 12.1 Å². The van der Waals surface area contributed by atoms with Crippen molar-refractivity contribution in [2.75, 3.05) is 33.9 Å². The van der Waals surface area contributed by atoms with Crippen molar-refractivity contribution in [3.63, 3.8) is 0 Å². The van der Waals surface area contributed by atoms with Crippen LogP contribution in [0, 0.1) is 0 Å². The first kappa shape index (κ1) is 17.2. The highest BCUT2D eigenvalue weighted by atomic mass is 16.6. The molecule has 1 aliphatic rings. The molecule has 1 aromatic carbocycles. The summed E-state index contributed by atoms with van der Waals surface area (Å²) in [6.45, 7) is 1.97. The number of hydrogen-bond donors (Lipinski definition) is 2. The molecule has 0 aliphatic carbocycles. The molecule has 2 N–H and O–H groups in total. The lowest BCUT2D eigenvalue weighted by Gasteiger charge is -2.22. The topological polar surface area (TPSA) is 76.0 Å². The van der Waals surface area contributed by atoms with Crippen molar-refractivity contribution >= 4 is 6.03 Å². The fraction of sp³-hybridized carbons (Fsp3) is 0.389. The summed E-state index contributed by atoms with van der Waals surface area (Å²) in [6.07, 6.45) is 1.63. The summed E-state index contributed by atoms with van der Waals surface area (Å²) in [5.41, 5.74) is 0.953. The number of ether oxygens (including phenoxy) is 2. The third kappa shape index (κ3) is 4.45. The predicted octanol–water partition coefficient (Wildman–Crippen LogP) is 2.15. The predicted molar refractivity (Wildman–Crippen MR) is 92.8 cm³/mol. The summed E-state index contributed by atoms with van der Waals surface area (Å²) < 4.78 is 16.5. The van der Waals surface area contributed by atoms with E-state index in [1.165, 1.54) is 0 Å². The number of urea groups is 1. The molecule has 0 unspecified atom stereocenters. The number of hydrogen-bond acceptors (Lipinski definition) is 5. The Labute approximate surface area is 146 Å². The lowest BCUT2D eigenvalue weighted by molar-refractivity contribution is 0.171.